The molecule has 0 radical (unpaired) electrons. The van der Waals surface area contributed by atoms with Crippen LogP contribution in [0.2, 0.25) is 0 Å². The molecule has 0 saturated carbocycles. The minimum absolute atomic E-state index is 0.0724. The Bertz CT molecular complexity index is 1320. The van der Waals surface area contributed by atoms with Gasteiger partial charge < -0.3 is 15.2 Å². The number of hydrogen-bond donors (Lipinski definition) is 4. The molecule has 4 aromatic rings. The Kier molecular flexibility index (Phi) is 4.19. The zero-order valence-corrected chi connectivity index (χ0v) is 16.1. The summed E-state index contributed by atoms with van der Waals surface area (Å²) in [5.41, 5.74) is 1.50. The molecule has 9 heteroatoms. The summed E-state index contributed by atoms with van der Waals surface area (Å²) in [5, 5.41) is 23.0. The number of nitrogens with one attached hydrogen (secondary N) is 2. The monoisotopic (exact) mass is 415 g/mol. The van der Waals surface area contributed by atoms with E-state index in [1.165, 1.54) is 4.90 Å². The zero-order chi connectivity index (χ0) is 21.6. The van der Waals surface area contributed by atoms with Crippen molar-refractivity contribution in [2.24, 2.45) is 0 Å². The molecular weight excluding hydrogens is 398 g/mol. The van der Waals surface area contributed by atoms with E-state index >= 15 is 0 Å². The third kappa shape index (κ3) is 2.99. The lowest BCUT2D eigenvalue weighted by Crippen LogP contribution is -2.44. The Morgan fingerprint density at radius 2 is 1.90 bits per heavy atom. The molecule has 154 valence electrons. The maximum absolute atomic E-state index is 13.2. The molecule has 9 nitrogen and oxygen atoms in total. The van der Waals surface area contributed by atoms with Crippen molar-refractivity contribution in [3.63, 3.8) is 0 Å². The highest BCUT2D eigenvalue weighted by atomic mass is 16.4. The van der Waals surface area contributed by atoms with Crippen LogP contribution >= 0.6 is 0 Å². The first-order valence-corrected chi connectivity index (χ1v) is 9.50. The van der Waals surface area contributed by atoms with E-state index in [-0.39, 0.29) is 18.4 Å². The predicted octanol–water partition coefficient (Wildman–Crippen LogP) is 2.90. The van der Waals surface area contributed by atoms with Crippen LogP contribution in [0.1, 0.15) is 27.0 Å². The number of pyridine rings is 1. The van der Waals surface area contributed by atoms with Crippen LogP contribution in [0, 0.1) is 0 Å². The SMILES string of the molecule is O=C(O)Nc1nc2cc(C3(O)c4ccccc4C(=O)N3Cc3ccncc3)ccc2[nH]1. The summed E-state index contributed by atoms with van der Waals surface area (Å²) in [4.78, 5) is 36.6. The topological polar surface area (TPSA) is 131 Å². The van der Waals surface area contributed by atoms with E-state index in [0.717, 1.165) is 5.56 Å². The molecule has 0 saturated heterocycles. The summed E-state index contributed by atoms with van der Waals surface area (Å²) in [6, 6.07) is 15.6. The second-order valence-corrected chi connectivity index (χ2v) is 7.21. The zero-order valence-electron chi connectivity index (χ0n) is 16.1. The van der Waals surface area contributed by atoms with Crippen LogP contribution in [-0.4, -0.2) is 42.1 Å². The minimum atomic E-state index is -1.72. The average Bonchev–Trinajstić information content (AvgIpc) is 3.26. The summed E-state index contributed by atoms with van der Waals surface area (Å²) in [6.07, 6.45) is 2.03. The molecule has 4 N–H and O–H groups in total. The Hall–Kier alpha value is -4.24. The van der Waals surface area contributed by atoms with Gasteiger partial charge in [-0.2, -0.15) is 0 Å². The van der Waals surface area contributed by atoms with Crippen LogP contribution in [0.3, 0.4) is 0 Å². The van der Waals surface area contributed by atoms with Gasteiger partial charge in [0.1, 0.15) is 0 Å². The quantitative estimate of drug-likeness (QED) is 0.405. The highest BCUT2D eigenvalue weighted by Crippen LogP contribution is 2.43. The first kappa shape index (κ1) is 18.8. The third-order valence-corrected chi connectivity index (χ3v) is 5.37. The number of rotatable bonds is 4. The fourth-order valence-electron chi connectivity index (χ4n) is 3.96. The lowest BCUT2D eigenvalue weighted by Gasteiger charge is -2.35. The van der Waals surface area contributed by atoms with E-state index in [4.69, 9.17) is 5.11 Å². The maximum atomic E-state index is 13.2. The van der Waals surface area contributed by atoms with Gasteiger partial charge in [-0.25, -0.2) is 9.78 Å². The van der Waals surface area contributed by atoms with E-state index in [2.05, 4.69) is 20.3 Å². The molecule has 0 aliphatic carbocycles. The number of nitrogens with zero attached hydrogens (tertiary/aromatic N) is 3. The number of aromatic nitrogens is 3. The second-order valence-electron chi connectivity index (χ2n) is 7.21. The molecule has 2 aromatic heterocycles. The van der Waals surface area contributed by atoms with Gasteiger partial charge in [0.15, 0.2) is 5.72 Å². The number of carboxylic acid groups (broad SMARTS) is 1. The van der Waals surface area contributed by atoms with E-state index in [1.54, 1.807) is 67.0 Å². The predicted molar refractivity (Wildman–Crippen MR) is 111 cm³/mol. The van der Waals surface area contributed by atoms with Gasteiger partial charge in [0.05, 0.1) is 11.0 Å². The van der Waals surface area contributed by atoms with Gasteiger partial charge in [0, 0.05) is 35.6 Å². The third-order valence-electron chi connectivity index (χ3n) is 5.37. The highest BCUT2D eigenvalue weighted by molar-refractivity contribution is 6.00. The number of H-pyrrole nitrogens is 1. The Morgan fingerprint density at radius 1 is 1.13 bits per heavy atom. The summed E-state index contributed by atoms with van der Waals surface area (Å²) >= 11 is 0. The number of amides is 2. The largest absolute Gasteiger partial charge is 0.465 e. The summed E-state index contributed by atoms with van der Waals surface area (Å²) in [7, 11) is 0. The number of aliphatic hydroxyl groups is 1. The molecule has 0 fully saturated rings. The van der Waals surface area contributed by atoms with E-state index in [9.17, 15) is 14.7 Å². The van der Waals surface area contributed by atoms with Crippen LogP contribution in [-0.2, 0) is 12.3 Å². The van der Waals surface area contributed by atoms with Crippen LogP contribution < -0.4 is 5.32 Å². The number of imidazole rings is 1. The van der Waals surface area contributed by atoms with Gasteiger partial charge in [-0.05, 0) is 35.9 Å². The molecular formula is C22H17N5O4. The number of aromatic amines is 1. The number of benzene rings is 2. The average molecular weight is 415 g/mol. The molecule has 2 aromatic carbocycles. The van der Waals surface area contributed by atoms with Crippen LogP contribution in [0.5, 0.6) is 0 Å². The summed E-state index contributed by atoms with van der Waals surface area (Å²) in [5.74, 6) is -0.214. The number of hydrogen-bond acceptors (Lipinski definition) is 5. The van der Waals surface area contributed by atoms with Gasteiger partial charge in [0.2, 0.25) is 5.95 Å². The lowest BCUT2D eigenvalue weighted by molar-refractivity contribution is -0.0542. The number of carbonyl (C=O) groups is 2. The minimum Gasteiger partial charge on any atom is -0.465 e. The van der Waals surface area contributed by atoms with Gasteiger partial charge in [-0.1, -0.05) is 24.3 Å². The van der Waals surface area contributed by atoms with Crippen molar-refractivity contribution in [1.29, 1.82) is 0 Å². The molecule has 31 heavy (non-hydrogen) atoms. The first-order chi connectivity index (χ1) is 15.0. The number of carbonyl (C=O) groups excluding carboxylic acids is 1. The molecule has 0 bridgehead atoms. The smallest absolute Gasteiger partial charge is 0.411 e. The molecule has 3 heterocycles. The van der Waals surface area contributed by atoms with Crippen LogP contribution in [0.25, 0.3) is 11.0 Å². The first-order valence-electron chi connectivity index (χ1n) is 9.50. The molecule has 1 unspecified atom stereocenters. The van der Waals surface area contributed by atoms with Gasteiger partial charge in [0.25, 0.3) is 5.91 Å². The highest BCUT2D eigenvalue weighted by Gasteiger charge is 2.49. The van der Waals surface area contributed by atoms with Crippen molar-refractivity contribution in [1.82, 2.24) is 19.9 Å². The standard InChI is InChI=1S/C22H17N5O4/c28-19-15-3-1-2-4-16(15)22(31,27(19)12-13-7-9-23-10-8-13)14-5-6-17-18(11-14)25-20(24-17)26-21(29)30/h1-11,31H,12H2,(H,29,30)(H2,24,25,26). The van der Waals surface area contributed by atoms with Crippen molar-refractivity contribution in [3.8, 4) is 0 Å². The van der Waals surface area contributed by atoms with Crippen LogP contribution in [0.4, 0.5) is 10.7 Å². The summed E-state index contributed by atoms with van der Waals surface area (Å²) < 4.78 is 0. The molecule has 0 spiro atoms. The van der Waals surface area contributed by atoms with Crippen molar-refractivity contribution in [3.05, 3.63) is 89.2 Å². The van der Waals surface area contributed by atoms with Crippen molar-refractivity contribution >= 4 is 29.0 Å². The van der Waals surface area contributed by atoms with E-state index < -0.39 is 11.8 Å². The second kappa shape index (κ2) is 6.92. The van der Waals surface area contributed by atoms with Crippen molar-refractivity contribution in [2.45, 2.75) is 12.3 Å². The fraction of sp³-hybridized carbons (Fsp3) is 0.0909. The van der Waals surface area contributed by atoms with E-state index in [0.29, 0.717) is 27.7 Å². The van der Waals surface area contributed by atoms with Crippen LogP contribution in [0.15, 0.2) is 67.0 Å². The van der Waals surface area contributed by atoms with Crippen molar-refractivity contribution in [2.75, 3.05) is 5.32 Å². The molecule has 1 atom stereocenters. The Balaban J connectivity index is 1.64. The molecule has 5 rings (SSSR count). The number of fused-ring (bicyclic) bond motifs is 2. The lowest BCUT2D eigenvalue weighted by atomic mass is 9.93. The molecule has 2 amide bonds. The van der Waals surface area contributed by atoms with Gasteiger partial charge in [-0.15, -0.1) is 0 Å². The van der Waals surface area contributed by atoms with Gasteiger partial charge >= 0.3 is 6.09 Å². The maximum Gasteiger partial charge on any atom is 0.411 e. The molecule has 1 aliphatic heterocycles. The Labute approximate surface area is 176 Å². The van der Waals surface area contributed by atoms with Crippen molar-refractivity contribution < 1.29 is 19.8 Å². The number of anilines is 1. The van der Waals surface area contributed by atoms with Gasteiger partial charge in [-0.3, -0.25) is 20.0 Å². The van der Waals surface area contributed by atoms with E-state index in [1.807, 2.05) is 0 Å². The normalized spacial score (nSPS) is 17.7. The summed E-state index contributed by atoms with van der Waals surface area (Å²) in [6.45, 7) is 0.178. The Morgan fingerprint density at radius 3 is 2.68 bits per heavy atom. The molecule has 1 aliphatic rings. The fourth-order valence-corrected chi connectivity index (χ4v) is 3.96.